The van der Waals surface area contributed by atoms with Crippen LogP contribution in [0.3, 0.4) is 0 Å². The molecule has 6 nitrogen and oxygen atoms in total. The molecular weight excluding hydrogens is 374 g/mol. The van der Waals surface area contributed by atoms with Gasteiger partial charge in [0.1, 0.15) is 11.6 Å². The number of methoxy groups -OCH3 is 1. The zero-order valence-corrected chi connectivity index (χ0v) is 15.7. The summed E-state index contributed by atoms with van der Waals surface area (Å²) in [6, 6.07) is 12.4. The minimum absolute atomic E-state index is 0.294. The second-order valence-electron chi connectivity index (χ2n) is 5.33. The third-order valence-corrected chi connectivity index (χ3v) is 4.64. The first-order chi connectivity index (χ1) is 12.6. The van der Waals surface area contributed by atoms with Crippen LogP contribution >= 0.6 is 22.9 Å². The molecule has 0 atom stereocenters. The van der Waals surface area contributed by atoms with Gasteiger partial charge in [-0.05, 0) is 31.2 Å². The molecule has 3 aromatic rings. The molecule has 2 aromatic carbocycles. The first-order valence-electron chi connectivity index (χ1n) is 7.72. The molecule has 1 N–H and O–H groups in total. The van der Waals surface area contributed by atoms with E-state index < -0.39 is 0 Å². The lowest BCUT2D eigenvalue weighted by atomic mass is 10.2. The standard InChI is InChI=1S/C18H16ClN3O3S/c1-11-21-22-18(26-11)20-17(23)12-7-8-15(16(9-12)24-2)25-10-13-5-3-4-6-14(13)19/h3-9H,10H2,1-2H3,(H,20,22,23). The number of carbonyl (C=O) groups excluding carboxylic acids is 1. The highest BCUT2D eigenvalue weighted by molar-refractivity contribution is 7.15. The molecule has 0 aliphatic rings. The van der Waals surface area contributed by atoms with Crippen LogP contribution in [0.1, 0.15) is 20.9 Å². The largest absolute Gasteiger partial charge is 0.493 e. The van der Waals surface area contributed by atoms with Crippen molar-refractivity contribution in [3.05, 3.63) is 63.6 Å². The first-order valence-corrected chi connectivity index (χ1v) is 8.92. The summed E-state index contributed by atoms with van der Waals surface area (Å²) in [5.74, 6) is 0.686. The molecule has 0 aliphatic carbocycles. The number of carbonyl (C=O) groups is 1. The summed E-state index contributed by atoms with van der Waals surface area (Å²) in [5.41, 5.74) is 1.30. The Labute approximate surface area is 159 Å². The average Bonchev–Trinajstić information content (AvgIpc) is 3.05. The van der Waals surface area contributed by atoms with Crippen LogP contribution in [0.25, 0.3) is 0 Å². The van der Waals surface area contributed by atoms with E-state index >= 15 is 0 Å². The lowest BCUT2D eigenvalue weighted by molar-refractivity contribution is 0.102. The monoisotopic (exact) mass is 389 g/mol. The van der Waals surface area contributed by atoms with E-state index in [0.29, 0.717) is 33.8 Å². The fraction of sp³-hybridized carbons (Fsp3) is 0.167. The topological polar surface area (TPSA) is 73.3 Å². The predicted molar refractivity (Wildman–Crippen MR) is 101 cm³/mol. The van der Waals surface area contributed by atoms with Crippen molar-refractivity contribution in [1.82, 2.24) is 10.2 Å². The van der Waals surface area contributed by atoms with Crippen LogP contribution in [0.2, 0.25) is 5.02 Å². The van der Waals surface area contributed by atoms with Gasteiger partial charge in [-0.25, -0.2) is 0 Å². The van der Waals surface area contributed by atoms with E-state index in [1.807, 2.05) is 25.1 Å². The van der Waals surface area contributed by atoms with Crippen molar-refractivity contribution in [2.45, 2.75) is 13.5 Å². The van der Waals surface area contributed by atoms with Gasteiger partial charge in [-0.2, -0.15) is 0 Å². The summed E-state index contributed by atoms with van der Waals surface area (Å²) in [6.45, 7) is 2.12. The summed E-state index contributed by atoms with van der Waals surface area (Å²) in [7, 11) is 1.52. The van der Waals surface area contributed by atoms with Crippen LogP contribution < -0.4 is 14.8 Å². The minimum Gasteiger partial charge on any atom is -0.493 e. The molecule has 0 radical (unpaired) electrons. The Morgan fingerprint density at radius 1 is 1.19 bits per heavy atom. The number of nitrogens with one attached hydrogen (secondary N) is 1. The van der Waals surface area contributed by atoms with E-state index in [2.05, 4.69) is 15.5 Å². The van der Waals surface area contributed by atoms with E-state index in [1.165, 1.54) is 18.4 Å². The summed E-state index contributed by atoms with van der Waals surface area (Å²) in [4.78, 5) is 12.3. The maximum absolute atomic E-state index is 12.3. The highest BCUT2D eigenvalue weighted by atomic mass is 35.5. The van der Waals surface area contributed by atoms with Crippen LogP contribution in [-0.2, 0) is 6.61 Å². The molecule has 26 heavy (non-hydrogen) atoms. The van der Waals surface area contributed by atoms with Crippen molar-refractivity contribution in [1.29, 1.82) is 0 Å². The lowest BCUT2D eigenvalue weighted by Crippen LogP contribution is -2.12. The zero-order chi connectivity index (χ0) is 18.5. The summed E-state index contributed by atoms with van der Waals surface area (Å²) in [5, 5.41) is 12.3. The summed E-state index contributed by atoms with van der Waals surface area (Å²) in [6.07, 6.45) is 0. The molecule has 134 valence electrons. The van der Waals surface area contributed by atoms with Gasteiger partial charge >= 0.3 is 0 Å². The summed E-state index contributed by atoms with van der Waals surface area (Å²) < 4.78 is 11.1. The number of halogens is 1. The van der Waals surface area contributed by atoms with Gasteiger partial charge in [0.05, 0.1) is 7.11 Å². The fourth-order valence-electron chi connectivity index (χ4n) is 2.22. The molecule has 0 unspecified atom stereocenters. The Balaban J connectivity index is 1.72. The van der Waals surface area contributed by atoms with Gasteiger partial charge in [-0.15, -0.1) is 10.2 Å². The van der Waals surface area contributed by atoms with Crippen LogP contribution in [0.5, 0.6) is 11.5 Å². The van der Waals surface area contributed by atoms with Crippen LogP contribution in [-0.4, -0.2) is 23.2 Å². The highest BCUT2D eigenvalue weighted by Crippen LogP contribution is 2.30. The SMILES string of the molecule is COc1cc(C(=O)Nc2nnc(C)s2)ccc1OCc1ccccc1Cl. The molecule has 0 fully saturated rings. The zero-order valence-electron chi connectivity index (χ0n) is 14.2. The molecule has 1 heterocycles. The molecule has 0 aliphatic heterocycles. The molecule has 1 amide bonds. The average molecular weight is 390 g/mol. The van der Waals surface area contributed by atoms with Gasteiger partial charge < -0.3 is 9.47 Å². The van der Waals surface area contributed by atoms with E-state index in [1.54, 1.807) is 24.3 Å². The number of anilines is 1. The van der Waals surface area contributed by atoms with Crippen LogP contribution in [0.4, 0.5) is 5.13 Å². The molecule has 8 heteroatoms. The van der Waals surface area contributed by atoms with Crippen molar-refractivity contribution in [2.75, 3.05) is 12.4 Å². The third-order valence-electron chi connectivity index (χ3n) is 3.51. The van der Waals surface area contributed by atoms with Gasteiger partial charge in [0.2, 0.25) is 5.13 Å². The van der Waals surface area contributed by atoms with Gasteiger partial charge in [-0.3, -0.25) is 10.1 Å². The quantitative estimate of drug-likeness (QED) is 0.678. The molecule has 0 saturated heterocycles. The van der Waals surface area contributed by atoms with E-state index in [0.717, 1.165) is 10.6 Å². The maximum Gasteiger partial charge on any atom is 0.257 e. The minimum atomic E-state index is -0.294. The van der Waals surface area contributed by atoms with Crippen molar-refractivity contribution >= 4 is 34.0 Å². The molecule has 1 aromatic heterocycles. The number of ether oxygens (including phenoxy) is 2. The van der Waals surface area contributed by atoms with Crippen molar-refractivity contribution in [2.24, 2.45) is 0 Å². The lowest BCUT2D eigenvalue weighted by Gasteiger charge is -2.12. The Bertz CT molecular complexity index is 930. The van der Waals surface area contributed by atoms with Gasteiger partial charge in [-0.1, -0.05) is 41.1 Å². The number of hydrogen-bond donors (Lipinski definition) is 1. The Morgan fingerprint density at radius 2 is 2.00 bits per heavy atom. The van der Waals surface area contributed by atoms with E-state index in [4.69, 9.17) is 21.1 Å². The number of amides is 1. The van der Waals surface area contributed by atoms with Crippen LogP contribution in [0, 0.1) is 6.92 Å². The Morgan fingerprint density at radius 3 is 2.69 bits per heavy atom. The Kier molecular flexibility index (Phi) is 5.70. The van der Waals surface area contributed by atoms with Gasteiger partial charge in [0.25, 0.3) is 5.91 Å². The molecule has 0 spiro atoms. The molecule has 3 rings (SSSR count). The van der Waals surface area contributed by atoms with Gasteiger partial charge in [0, 0.05) is 16.1 Å². The first kappa shape index (κ1) is 18.2. The normalized spacial score (nSPS) is 10.4. The van der Waals surface area contributed by atoms with E-state index in [-0.39, 0.29) is 5.91 Å². The predicted octanol–water partition coefficient (Wildman–Crippen LogP) is 4.34. The third kappa shape index (κ3) is 4.30. The highest BCUT2D eigenvalue weighted by Gasteiger charge is 2.13. The molecular formula is C18H16ClN3O3S. The summed E-state index contributed by atoms with van der Waals surface area (Å²) >= 11 is 7.44. The van der Waals surface area contributed by atoms with E-state index in [9.17, 15) is 4.79 Å². The van der Waals surface area contributed by atoms with Crippen molar-refractivity contribution in [3.8, 4) is 11.5 Å². The number of nitrogens with zero attached hydrogens (tertiary/aromatic N) is 2. The molecule has 0 saturated carbocycles. The number of aromatic nitrogens is 2. The van der Waals surface area contributed by atoms with Crippen molar-refractivity contribution < 1.29 is 14.3 Å². The molecule has 0 bridgehead atoms. The Hall–Kier alpha value is -2.64. The second-order valence-corrected chi connectivity index (χ2v) is 6.91. The maximum atomic E-state index is 12.3. The van der Waals surface area contributed by atoms with Crippen molar-refractivity contribution in [3.63, 3.8) is 0 Å². The smallest absolute Gasteiger partial charge is 0.257 e. The second kappa shape index (κ2) is 8.16. The van der Waals surface area contributed by atoms with Crippen LogP contribution in [0.15, 0.2) is 42.5 Å². The number of aryl methyl sites for hydroxylation is 1. The number of rotatable bonds is 6. The number of benzene rings is 2. The number of hydrogen-bond acceptors (Lipinski definition) is 6. The van der Waals surface area contributed by atoms with Gasteiger partial charge in [0.15, 0.2) is 11.5 Å². The fourth-order valence-corrected chi connectivity index (χ4v) is 2.99.